The molecule has 5 heteroatoms. The molecule has 0 aliphatic heterocycles. The Balaban J connectivity index is 3.16. The Morgan fingerprint density at radius 2 is 2.56 bits per heavy atom. The lowest BCUT2D eigenvalue weighted by molar-refractivity contribution is 0.470. The van der Waals surface area contributed by atoms with E-state index in [1.54, 1.807) is 6.92 Å². The van der Waals surface area contributed by atoms with Gasteiger partial charge in [-0.05, 0) is 0 Å². The van der Waals surface area contributed by atoms with Gasteiger partial charge < -0.3 is 4.42 Å². The third-order valence-corrected chi connectivity index (χ3v) is 1.05. The molecular formula is C4H5ClN2O2. The largest absolute Gasteiger partial charge is 0.438 e. The highest BCUT2D eigenvalue weighted by Gasteiger charge is 1.99. The number of hydrogen-bond donors (Lipinski definition) is 0. The minimum Gasteiger partial charge on any atom is -0.393 e. The molecule has 50 valence electrons. The maximum Gasteiger partial charge on any atom is 0.438 e. The molecule has 0 saturated heterocycles. The van der Waals surface area contributed by atoms with Gasteiger partial charge in [-0.25, -0.2) is 4.79 Å². The Bertz CT molecular complexity index is 251. The van der Waals surface area contributed by atoms with Crippen molar-refractivity contribution in [2.75, 3.05) is 0 Å². The van der Waals surface area contributed by atoms with Crippen molar-refractivity contribution in [1.29, 1.82) is 0 Å². The van der Waals surface area contributed by atoms with Gasteiger partial charge in [-0.3, -0.25) is 0 Å². The maximum absolute atomic E-state index is 10.5. The molecule has 0 radical (unpaired) electrons. The Hall–Kier alpha value is -0.770. The molecule has 0 spiro atoms. The fraction of sp³-hybridized carbons (Fsp3) is 0.500. The SMILES string of the molecule is Cc1nn(CCl)c(=O)o1. The van der Waals surface area contributed by atoms with Gasteiger partial charge >= 0.3 is 5.76 Å². The van der Waals surface area contributed by atoms with Gasteiger partial charge in [0, 0.05) is 6.92 Å². The molecule has 0 aromatic carbocycles. The molecule has 0 aliphatic rings. The predicted molar refractivity (Wildman–Crippen MR) is 31.4 cm³/mol. The third kappa shape index (κ3) is 1.13. The van der Waals surface area contributed by atoms with Crippen LogP contribution in [-0.4, -0.2) is 9.78 Å². The molecule has 4 nitrogen and oxygen atoms in total. The molecular weight excluding hydrogens is 144 g/mol. The van der Waals surface area contributed by atoms with Gasteiger partial charge in [0.25, 0.3) is 0 Å². The standard InChI is InChI=1S/C4H5ClN2O2/c1-3-6-7(2-5)4(8)9-3/h2H2,1H3. The second kappa shape index (κ2) is 2.23. The van der Waals surface area contributed by atoms with E-state index < -0.39 is 5.76 Å². The average molecular weight is 149 g/mol. The molecule has 9 heavy (non-hydrogen) atoms. The van der Waals surface area contributed by atoms with Crippen molar-refractivity contribution in [2.24, 2.45) is 0 Å². The number of aryl methyl sites for hydroxylation is 1. The molecule has 0 saturated carbocycles. The average Bonchev–Trinajstić information content (AvgIpc) is 2.10. The van der Waals surface area contributed by atoms with Crippen LogP contribution in [0.4, 0.5) is 0 Å². The van der Waals surface area contributed by atoms with Gasteiger partial charge in [-0.1, -0.05) is 0 Å². The Morgan fingerprint density at radius 3 is 2.78 bits per heavy atom. The monoisotopic (exact) mass is 148 g/mol. The van der Waals surface area contributed by atoms with E-state index in [1.807, 2.05) is 0 Å². The summed E-state index contributed by atoms with van der Waals surface area (Å²) < 4.78 is 5.56. The van der Waals surface area contributed by atoms with E-state index >= 15 is 0 Å². The topological polar surface area (TPSA) is 48.0 Å². The Labute approximate surface area is 56.0 Å². The molecule has 0 fully saturated rings. The van der Waals surface area contributed by atoms with E-state index in [0.29, 0.717) is 5.89 Å². The first-order chi connectivity index (χ1) is 4.24. The van der Waals surface area contributed by atoms with Crippen molar-refractivity contribution in [1.82, 2.24) is 9.78 Å². The van der Waals surface area contributed by atoms with Crippen LogP contribution in [0, 0.1) is 6.92 Å². The van der Waals surface area contributed by atoms with Crippen LogP contribution < -0.4 is 5.76 Å². The van der Waals surface area contributed by atoms with Crippen LogP contribution in [0.15, 0.2) is 9.21 Å². The van der Waals surface area contributed by atoms with Crippen LogP contribution in [-0.2, 0) is 6.00 Å². The van der Waals surface area contributed by atoms with Gasteiger partial charge in [0.2, 0.25) is 5.89 Å². The molecule has 0 N–H and O–H groups in total. The van der Waals surface area contributed by atoms with E-state index in [4.69, 9.17) is 11.6 Å². The summed E-state index contributed by atoms with van der Waals surface area (Å²) in [7, 11) is 0. The van der Waals surface area contributed by atoms with E-state index in [0.717, 1.165) is 4.68 Å². The number of aromatic nitrogens is 2. The summed E-state index contributed by atoms with van der Waals surface area (Å²) in [6, 6.07) is 0.0379. The molecule has 0 amide bonds. The number of alkyl halides is 1. The lowest BCUT2D eigenvalue weighted by Gasteiger charge is -1.81. The fourth-order valence-electron chi connectivity index (χ4n) is 0.486. The van der Waals surface area contributed by atoms with Gasteiger partial charge in [0.1, 0.15) is 6.00 Å². The van der Waals surface area contributed by atoms with Crippen molar-refractivity contribution in [3.63, 3.8) is 0 Å². The van der Waals surface area contributed by atoms with E-state index in [-0.39, 0.29) is 6.00 Å². The Kier molecular flexibility index (Phi) is 1.57. The summed E-state index contributed by atoms with van der Waals surface area (Å²) in [5, 5.41) is 3.63. The lowest BCUT2D eigenvalue weighted by atomic mass is 10.8. The summed E-state index contributed by atoms with van der Waals surface area (Å²) in [5.74, 6) is -0.178. The second-order valence-corrected chi connectivity index (χ2v) is 1.75. The smallest absolute Gasteiger partial charge is 0.393 e. The quantitative estimate of drug-likeness (QED) is 0.540. The molecule has 0 unspecified atom stereocenters. The van der Waals surface area contributed by atoms with Crippen LogP contribution >= 0.6 is 11.6 Å². The summed E-state index contributed by atoms with van der Waals surface area (Å²) in [5.41, 5.74) is 0. The van der Waals surface area contributed by atoms with Crippen LogP contribution in [0.5, 0.6) is 0 Å². The van der Waals surface area contributed by atoms with E-state index in [9.17, 15) is 4.79 Å². The van der Waals surface area contributed by atoms with Crippen LogP contribution in [0.2, 0.25) is 0 Å². The molecule has 1 aromatic rings. The summed E-state index contributed by atoms with van der Waals surface area (Å²) in [6.45, 7) is 1.59. The summed E-state index contributed by atoms with van der Waals surface area (Å²) >= 11 is 5.29. The van der Waals surface area contributed by atoms with E-state index in [2.05, 4.69) is 9.52 Å². The van der Waals surface area contributed by atoms with Gasteiger partial charge in [-0.2, -0.15) is 4.68 Å². The van der Waals surface area contributed by atoms with Crippen molar-refractivity contribution in [3.8, 4) is 0 Å². The van der Waals surface area contributed by atoms with Gasteiger partial charge in [0.05, 0.1) is 0 Å². The fourth-order valence-corrected chi connectivity index (χ4v) is 0.637. The van der Waals surface area contributed by atoms with Gasteiger partial charge in [-0.15, -0.1) is 16.7 Å². The van der Waals surface area contributed by atoms with Crippen molar-refractivity contribution < 1.29 is 4.42 Å². The maximum atomic E-state index is 10.5. The highest BCUT2D eigenvalue weighted by molar-refractivity contribution is 6.15. The number of hydrogen-bond acceptors (Lipinski definition) is 3. The molecule has 1 heterocycles. The second-order valence-electron chi connectivity index (χ2n) is 1.51. The zero-order valence-corrected chi connectivity index (χ0v) is 5.55. The number of halogens is 1. The highest BCUT2D eigenvalue weighted by atomic mass is 35.5. The van der Waals surface area contributed by atoms with Crippen molar-refractivity contribution in [3.05, 3.63) is 16.4 Å². The minimum absolute atomic E-state index is 0.0379. The molecule has 1 aromatic heterocycles. The van der Waals surface area contributed by atoms with Crippen molar-refractivity contribution >= 4 is 11.6 Å². The lowest BCUT2D eigenvalue weighted by Crippen LogP contribution is -2.12. The third-order valence-electron chi connectivity index (χ3n) is 0.821. The molecule has 0 atom stereocenters. The highest BCUT2D eigenvalue weighted by Crippen LogP contribution is 1.86. The molecule has 0 bridgehead atoms. The zero-order valence-electron chi connectivity index (χ0n) is 4.80. The normalized spacial score (nSPS) is 10.0. The predicted octanol–water partition coefficient (Wildman–Crippen LogP) is 0.341. The van der Waals surface area contributed by atoms with E-state index in [1.165, 1.54) is 0 Å². The van der Waals surface area contributed by atoms with Crippen LogP contribution in [0.3, 0.4) is 0 Å². The first-order valence-electron chi connectivity index (χ1n) is 2.34. The summed E-state index contributed by atoms with van der Waals surface area (Å²) in [4.78, 5) is 10.5. The Morgan fingerprint density at radius 1 is 1.89 bits per heavy atom. The minimum atomic E-state index is -0.512. The van der Waals surface area contributed by atoms with Crippen LogP contribution in [0.1, 0.15) is 5.89 Å². The summed E-state index contributed by atoms with van der Waals surface area (Å²) in [6.07, 6.45) is 0. The zero-order chi connectivity index (χ0) is 6.85. The first-order valence-corrected chi connectivity index (χ1v) is 2.88. The van der Waals surface area contributed by atoms with Gasteiger partial charge in [0.15, 0.2) is 0 Å². The number of rotatable bonds is 1. The first kappa shape index (κ1) is 6.35. The molecule has 1 rings (SSSR count). The molecule has 0 aliphatic carbocycles. The van der Waals surface area contributed by atoms with Crippen molar-refractivity contribution in [2.45, 2.75) is 12.9 Å². The number of nitrogens with zero attached hydrogens (tertiary/aromatic N) is 2. The van der Waals surface area contributed by atoms with Crippen LogP contribution in [0.25, 0.3) is 0 Å².